The standard InChI is InChI=1S/C10H12ClN5O/c1-15-6-7(13-9(17)5-11)10(14-15)8-3-4-12-16(8)2/h3-4,6H,5H2,1-2H3,(H,13,17). The molecular formula is C10H12ClN5O. The van der Waals surface area contributed by atoms with Gasteiger partial charge in [0.05, 0.1) is 11.4 Å². The summed E-state index contributed by atoms with van der Waals surface area (Å²) in [5.41, 5.74) is 2.13. The van der Waals surface area contributed by atoms with Crippen molar-refractivity contribution in [3.63, 3.8) is 0 Å². The van der Waals surface area contributed by atoms with Crippen molar-refractivity contribution in [3.05, 3.63) is 18.5 Å². The van der Waals surface area contributed by atoms with E-state index in [0.717, 1.165) is 5.69 Å². The molecule has 0 aromatic carbocycles. The minimum absolute atomic E-state index is 0.0836. The Morgan fingerprint density at radius 2 is 2.29 bits per heavy atom. The van der Waals surface area contributed by atoms with Crippen molar-refractivity contribution in [2.75, 3.05) is 11.2 Å². The first-order valence-electron chi connectivity index (χ1n) is 4.99. The first-order valence-corrected chi connectivity index (χ1v) is 5.53. The lowest BCUT2D eigenvalue weighted by Crippen LogP contribution is -2.13. The van der Waals surface area contributed by atoms with Crippen LogP contribution >= 0.6 is 11.6 Å². The molecule has 0 fully saturated rings. The zero-order chi connectivity index (χ0) is 12.4. The average molecular weight is 254 g/mol. The Balaban J connectivity index is 2.41. The maximum atomic E-state index is 11.3. The molecule has 7 heteroatoms. The number of aromatic nitrogens is 4. The Bertz CT molecular complexity index is 545. The number of amides is 1. The molecular weight excluding hydrogens is 242 g/mol. The predicted octanol–water partition coefficient (Wildman–Crippen LogP) is 0.998. The quantitative estimate of drug-likeness (QED) is 0.830. The molecule has 0 saturated heterocycles. The van der Waals surface area contributed by atoms with E-state index >= 15 is 0 Å². The number of carbonyl (C=O) groups excluding carboxylic acids is 1. The smallest absolute Gasteiger partial charge is 0.239 e. The van der Waals surface area contributed by atoms with Crippen LogP contribution in [0.15, 0.2) is 18.5 Å². The molecule has 0 aliphatic heterocycles. The lowest BCUT2D eigenvalue weighted by molar-refractivity contribution is -0.113. The summed E-state index contributed by atoms with van der Waals surface area (Å²) in [5, 5.41) is 11.1. The van der Waals surface area contributed by atoms with E-state index in [1.807, 2.05) is 13.1 Å². The zero-order valence-corrected chi connectivity index (χ0v) is 10.3. The number of hydrogen-bond donors (Lipinski definition) is 1. The van der Waals surface area contributed by atoms with Crippen LogP contribution in [0.5, 0.6) is 0 Å². The van der Waals surface area contributed by atoms with Gasteiger partial charge in [0.2, 0.25) is 5.91 Å². The fourth-order valence-corrected chi connectivity index (χ4v) is 1.63. The SMILES string of the molecule is Cn1cc(NC(=O)CCl)c(-c2ccnn2C)n1. The van der Waals surface area contributed by atoms with Crippen LogP contribution in [0, 0.1) is 0 Å². The first kappa shape index (κ1) is 11.7. The van der Waals surface area contributed by atoms with Crippen LogP contribution < -0.4 is 5.32 Å². The molecule has 2 aromatic rings. The summed E-state index contributed by atoms with van der Waals surface area (Å²) in [7, 11) is 3.60. The monoisotopic (exact) mass is 253 g/mol. The largest absolute Gasteiger partial charge is 0.322 e. The second kappa shape index (κ2) is 4.58. The second-order valence-electron chi connectivity index (χ2n) is 3.59. The summed E-state index contributed by atoms with van der Waals surface area (Å²) in [4.78, 5) is 11.3. The van der Waals surface area contributed by atoms with E-state index in [9.17, 15) is 4.79 Å². The van der Waals surface area contributed by atoms with Gasteiger partial charge in [-0.15, -0.1) is 11.6 Å². The van der Waals surface area contributed by atoms with Gasteiger partial charge in [-0.25, -0.2) is 0 Å². The predicted molar refractivity (Wildman–Crippen MR) is 64.8 cm³/mol. The van der Waals surface area contributed by atoms with E-state index in [1.54, 1.807) is 28.8 Å². The number of nitrogens with one attached hydrogen (secondary N) is 1. The molecule has 6 nitrogen and oxygen atoms in total. The Morgan fingerprint density at radius 3 is 2.88 bits per heavy atom. The maximum absolute atomic E-state index is 11.3. The van der Waals surface area contributed by atoms with Gasteiger partial charge in [0, 0.05) is 26.5 Å². The van der Waals surface area contributed by atoms with Crippen molar-refractivity contribution in [2.24, 2.45) is 14.1 Å². The maximum Gasteiger partial charge on any atom is 0.239 e. The highest BCUT2D eigenvalue weighted by molar-refractivity contribution is 6.29. The molecule has 0 unspecified atom stereocenters. The summed E-state index contributed by atoms with van der Waals surface area (Å²) >= 11 is 5.46. The zero-order valence-electron chi connectivity index (χ0n) is 9.51. The third-order valence-corrected chi connectivity index (χ3v) is 2.53. The molecule has 0 radical (unpaired) electrons. The number of nitrogens with zero attached hydrogens (tertiary/aromatic N) is 4. The third-order valence-electron chi connectivity index (χ3n) is 2.29. The minimum Gasteiger partial charge on any atom is -0.322 e. The van der Waals surface area contributed by atoms with E-state index in [2.05, 4.69) is 15.5 Å². The van der Waals surface area contributed by atoms with Crippen LogP contribution in [0.2, 0.25) is 0 Å². The van der Waals surface area contributed by atoms with Crippen LogP contribution in [0.3, 0.4) is 0 Å². The molecule has 0 atom stereocenters. The normalized spacial score (nSPS) is 10.5. The van der Waals surface area contributed by atoms with E-state index in [-0.39, 0.29) is 11.8 Å². The lowest BCUT2D eigenvalue weighted by atomic mass is 10.2. The highest BCUT2D eigenvalue weighted by Crippen LogP contribution is 2.25. The molecule has 2 heterocycles. The number of anilines is 1. The highest BCUT2D eigenvalue weighted by Gasteiger charge is 2.14. The second-order valence-corrected chi connectivity index (χ2v) is 3.85. The summed E-state index contributed by atoms with van der Waals surface area (Å²) in [6.45, 7) is 0. The minimum atomic E-state index is -0.261. The Labute approximate surface area is 103 Å². The molecule has 0 spiro atoms. The van der Waals surface area contributed by atoms with Gasteiger partial charge in [-0.1, -0.05) is 0 Å². The van der Waals surface area contributed by atoms with Gasteiger partial charge in [0.25, 0.3) is 0 Å². The van der Waals surface area contributed by atoms with Crippen LogP contribution in [0.25, 0.3) is 11.4 Å². The number of rotatable bonds is 3. The molecule has 2 rings (SSSR count). The molecule has 1 amide bonds. The van der Waals surface area contributed by atoms with Crippen molar-refractivity contribution in [1.82, 2.24) is 19.6 Å². The lowest BCUT2D eigenvalue weighted by Gasteiger charge is -2.03. The van der Waals surface area contributed by atoms with Crippen molar-refractivity contribution in [1.29, 1.82) is 0 Å². The van der Waals surface area contributed by atoms with Crippen molar-refractivity contribution < 1.29 is 4.79 Å². The Hall–Kier alpha value is -1.82. The Morgan fingerprint density at radius 1 is 1.53 bits per heavy atom. The molecule has 17 heavy (non-hydrogen) atoms. The molecule has 2 aromatic heterocycles. The fourth-order valence-electron chi connectivity index (χ4n) is 1.56. The van der Waals surface area contributed by atoms with Crippen LogP contribution in [-0.2, 0) is 18.9 Å². The third kappa shape index (κ3) is 2.31. The first-order chi connectivity index (χ1) is 8.11. The van der Waals surface area contributed by atoms with Gasteiger partial charge in [0.1, 0.15) is 11.6 Å². The average Bonchev–Trinajstić information content (AvgIpc) is 2.84. The number of carbonyl (C=O) groups is 1. The van der Waals surface area contributed by atoms with Gasteiger partial charge in [-0.3, -0.25) is 14.2 Å². The van der Waals surface area contributed by atoms with Crippen molar-refractivity contribution in [3.8, 4) is 11.4 Å². The van der Waals surface area contributed by atoms with Crippen LogP contribution in [-0.4, -0.2) is 31.3 Å². The highest BCUT2D eigenvalue weighted by atomic mass is 35.5. The number of halogens is 1. The van der Waals surface area contributed by atoms with Gasteiger partial charge in [-0.2, -0.15) is 10.2 Å². The van der Waals surface area contributed by atoms with E-state index in [4.69, 9.17) is 11.6 Å². The summed E-state index contributed by atoms with van der Waals surface area (Å²) in [6.07, 6.45) is 3.41. The molecule has 0 aliphatic rings. The summed E-state index contributed by atoms with van der Waals surface area (Å²) in [6, 6.07) is 1.83. The summed E-state index contributed by atoms with van der Waals surface area (Å²) in [5.74, 6) is -0.345. The molecule has 90 valence electrons. The van der Waals surface area contributed by atoms with E-state index < -0.39 is 0 Å². The Kier molecular flexibility index (Phi) is 3.14. The van der Waals surface area contributed by atoms with Crippen LogP contribution in [0.4, 0.5) is 5.69 Å². The van der Waals surface area contributed by atoms with Crippen molar-refractivity contribution in [2.45, 2.75) is 0 Å². The molecule has 0 bridgehead atoms. The molecule has 1 N–H and O–H groups in total. The topological polar surface area (TPSA) is 64.7 Å². The van der Waals surface area contributed by atoms with Gasteiger partial charge < -0.3 is 5.32 Å². The number of alkyl halides is 1. The van der Waals surface area contributed by atoms with Gasteiger partial charge >= 0.3 is 0 Å². The van der Waals surface area contributed by atoms with Crippen LogP contribution in [0.1, 0.15) is 0 Å². The van der Waals surface area contributed by atoms with Gasteiger partial charge in [0.15, 0.2) is 0 Å². The summed E-state index contributed by atoms with van der Waals surface area (Å²) < 4.78 is 3.32. The molecule has 0 aliphatic carbocycles. The molecule has 0 saturated carbocycles. The van der Waals surface area contributed by atoms with Gasteiger partial charge in [-0.05, 0) is 6.07 Å². The number of hydrogen-bond acceptors (Lipinski definition) is 3. The van der Waals surface area contributed by atoms with E-state index in [1.165, 1.54) is 0 Å². The van der Waals surface area contributed by atoms with E-state index in [0.29, 0.717) is 11.4 Å². The number of aryl methyl sites for hydroxylation is 2. The van der Waals surface area contributed by atoms with Crippen molar-refractivity contribution >= 4 is 23.2 Å². The fraction of sp³-hybridized carbons (Fsp3) is 0.300.